The third-order valence-corrected chi connectivity index (χ3v) is 6.67. The van der Waals surface area contributed by atoms with Crippen LogP contribution in [0.25, 0.3) is 11.0 Å². The molecule has 0 spiro atoms. The smallest absolute Gasteiger partial charge is 0.266 e. The largest absolute Gasteiger partial charge is 0.471 e. The second-order valence-electron chi connectivity index (χ2n) is 9.40. The number of hydrogen-bond donors (Lipinski definition) is 1. The van der Waals surface area contributed by atoms with Crippen molar-refractivity contribution >= 4 is 16.9 Å². The SMILES string of the molecule is Cc1nc(NC(C)c2cccc(C(F)F)c2F)c2cc(C3(C#N)CC3)c(OC3CN(C)C3)nc2n1. The standard InChI is InChI=1S/C25H25F3N6O/c1-13(16-5-4-6-17(20(16)26)21(27)28)30-22-18-9-19(25(12-29)7-8-25)24(35-15-10-34(3)11-15)33-23(18)32-14(2)31-22/h4-6,9,13,15,21H,7-8,10-11H2,1-3H3,(H,30,31,32,33). The van der Waals surface area contributed by atoms with Gasteiger partial charge in [-0.1, -0.05) is 18.2 Å². The topological polar surface area (TPSA) is 87.0 Å². The molecule has 2 fully saturated rings. The normalized spacial score (nSPS) is 18.2. The zero-order chi connectivity index (χ0) is 24.9. The van der Waals surface area contributed by atoms with Gasteiger partial charge in [0, 0.05) is 24.2 Å². The summed E-state index contributed by atoms with van der Waals surface area (Å²) in [5.41, 5.74) is -0.134. The first-order valence-corrected chi connectivity index (χ1v) is 11.5. The number of anilines is 1. The van der Waals surface area contributed by atoms with Crippen LogP contribution >= 0.6 is 0 Å². The molecule has 1 aliphatic carbocycles. The minimum Gasteiger partial charge on any atom is -0.471 e. The van der Waals surface area contributed by atoms with Gasteiger partial charge in [-0.05, 0) is 39.8 Å². The van der Waals surface area contributed by atoms with E-state index in [1.54, 1.807) is 13.8 Å². The summed E-state index contributed by atoms with van der Waals surface area (Å²) in [5, 5.41) is 13.6. The number of benzene rings is 1. The zero-order valence-corrected chi connectivity index (χ0v) is 19.6. The van der Waals surface area contributed by atoms with Crippen LogP contribution in [0.15, 0.2) is 24.3 Å². The summed E-state index contributed by atoms with van der Waals surface area (Å²) in [6.07, 6.45) is -1.51. The van der Waals surface area contributed by atoms with Crippen LogP contribution in [0.5, 0.6) is 5.88 Å². The Balaban J connectivity index is 1.56. The molecule has 35 heavy (non-hydrogen) atoms. The number of nitriles is 1. The average molecular weight is 483 g/mol. The van der Waals surface area contributed by atoms with Crippen LogP contribution in [-0.2, 0) is 5.41 Å². The lowest BCUT2D eigenvalue weighted by atomic mass is 9.97. The van der Waals surface area contributed by atoms with Crippen molar-refractivity contribution in [3.63, 3.8) is 0 Å². The first-order valence-electron chi connectivity index (χ1n) is 11.5. The van der Waals surface area contributed by atoms with Gasteiger partial charge < -0.3 is 10.1 Å². The lowest BCUT2D eigenvalue weighted by Crippen LogP contribution is -2.51. The van der Waals surface area contributed by atoms with Crippen LogP contribution in [-0.4, -0.2) is 46.1 Å². The highest BCUT2D eigenvalue weighted by molar-refractivity contribution is 5.88. The molecule has 1 saturated heterocycles. The van der Waals surface area contributed by atoms with E-state index in [4.69, 9.17) is 4.74 Å². The number of alkyl halides is 2. The van der Waals surface area contributed by atoms with Gasteiger partial charge in [-0.3, -0.25) is 4.90 Å². The molecule has 7 nitrogen and oxygen atoms in total. The number of aromatic nitrogens is 3. The Hall–Kier alpha value is -3.45. The monoisotopic (exact) mass is 482 g/mol. The van der Waals surface area contributed by atoms with Crippen LogP contribution in [0.4, 0.5) is 19.0 Å². The first kappa shape index (κ1) is 23.3. The molecular weight excluding hydrogens is 457 g/mol. The molecule has 1 N–H and O–H groups in total. The quantitative estimate of drug-likeness (QED) is 0.516. The minimum absolute atomic E-state index is 0.0103. The third-order valence-electron chi connectivity index (χ3n) is 6.67. The summed E-state index contributed by atoms with van der Waals surface area (Å²) in [5.74, 6) is 0.283. The Bertz CT molecular complexity index is 1330. The number of halogens is 3. The van der Waals surface area contributed by atoms with Crippen LogP contribution in [0.2, 0.25) is 0 Å². The summed E-state index contributed by atoms with van der Waals surface area (Å²) >= 11 is 0. The highest BCUT2D eigenvalue weighted by Crippen LogP contribution is 2.51. The van der Waals surface area contributed by atoms with Crippen LogP contribution in [0.1, 0.15) is 54.7 Å². The Morgan fingerprint density at radius 3 is 2.54 bits per heavy atom. The minimum atomic E-state index is -2.91. The highest BCUT2D eigenvalue weighted by atomic mass is 19.3. The van der Waals surface area contributed by atoms with E-state index in [1.165, 1.54) is 12.1 Å². The predicted molar refractivity (Wildman–Crippen MR) is 124 cm³/mol. The molecule has 1 saturated carbocycles. The van der Waals surface area contributed by atoms with Crippen molar-refractivity contribution in [1.29, 1.82) is 5.26 Å². The molecule has 5 rings (SSSR count). The molecule has 3 aromatic rings. The van der Waals surface area contributed by atoms with E-state index in [-0.39, 0.29) is 11.7 Å². The number of rotatable bonds is 7. The van der Waals surface area contributed by atoms with Gasteiger partial charge >= 0.3 is 0 Å². The molecule has 1 unspecified atom stereocenters. The van der Waals surface area contributed by atoms with Gasteiger partial charge in [0.1, 0.15) is 23.6 Å². The number of hydrogen-bond acceptors (Lipinski definition) is 7. The fraction of sp³-hybridized carbons (Fsp3) is 0.440. The van der Waals surface area contributed by atoms with E-state index >= 15 is 0 Å². The molecule has 2 aromatic heterocycles. The maximum Gasteiger partial charge on any atom is 0.266 e. The van der Waals surface area contributed by atoms with Gasteiger partial charge in [0.25, 0.3) is 6.43 Å². The maximum absolute atomic E-state index is 14.8. The molecule has 0 radical (unpaired) electrons. The number of fused-ring (bicyclic) bond motifs is 1. The van der Waals surface area contributed by atoms with Crippen molar-refractivity contribution in [1.82, 2.24) is 19.9 Å². The molecule has 0 bridgehead atoms. The third kappa shape index (κ3) is 4.25. The number of likely N-dealkylation sites (N-methyl/N-ethyl adjacent to an activating group) is 1. The van der Waals surface area contributed by atoms with E-state index in [0.29, 0.717) is 47.0 Å². The summed E-state index contributed by atoms with van der Waals surface area (Å²) < 4.78 is 47.3. The van der Waals surface area contributed by atoms with Gasteiger partial charge in [-0.15, -0.1) is 0 Å². The number of aryl methyl sites for hydroxylation is 1. The zero-order valence-electron chi connectivity index (χ0n) is 19.6. The van der Waals surface area contributed by atoms with Gasteiger partial charge in [0.2, 0.25) is 5.88 Å². The first-order chi connectivity index (χ1) is 16.7. The summed E-state index contributed by atoms with van der Waals surface area (Å²) in [6.45, 7) is 4.93. The lowest BCUT2D eigenvalue weighted by Gasteiger charge is -2.36. The predicted octanol–water partition coefficient (Wildman–Crippen LogP) is 4.83. The van der Waals surface area contributed by atoms with Crippen LogP contribution in [0.3, 0.4) is 0 Å². The Morgan fingerprint density at radius 2 is 1.91 bits per heavy atom. The fourth-order valence-corrected chi connectivity index (χ4v) is 4.48. The average Bonchev–Trinajstić information content (AvgIpc) is 3.58. The second-order valence-corrected chi connectivity index (χ2v) is 9.40. The van der Waals surface area contributed by atoms with Gasteiger partial charge in [0.15, 0.2) is 5.65 Å². The van der Waals surface area contributed by atoms with Gasteiger partial charge in [0.05, 0.1) is 28.5 Å². The Labute approximate surface area is 201 Å². The van der Waals surface area contributed by atoms with Crippen molar-refractivity contribution in [2.24, 2.45) is 0 Å². The molecule has 0 amide bonds. The Morgan fingerprint density at radius 1 is 1.20 bits per heavy atom. The molecule has 182 valence electrons. The summed E-state index contributed by atoms with van der Waals surface area (Å²) in [6, 6.07) is 7.52. The van der Waals surface area contributed by atoms with Crippen molar-refractivity contribution in [2.75, 3.05) is 25.5 Å². The van der Waals surface area contributed by atoms with E-state index < -0.39 is 29.3 Å². The summed E-state index contributed by atoms with van der Waals surface area (Å²) in [4.78, 5) is 15.7. The second kappa shape index (κ2) is 8.64. The van der Waals surface area contributed by atoms with Crippen molar-refractivity contribution in [3.05, 3.63) is 52.6 Å². The van der Waals surface area contributed by atoms with Gasteiger partial charge in [-0.2, -0.15) is 10.2 Å². The number of ether oxygens (including phenoxy) is 1. The molecule has 1 atom stereocenters. The van der Waals surface area contributed by atoms with Crippen molar-refractivity contribution < 1.29 is 17.9 Å². The van der Waals surface area contributed by atoms with Crippen molar-refractivity contribution in [2.45, 2.75) is 50.7 Å². The molecule has 10 heteroatoms. The van der Waals surface area contributed by atoms with Crippen molar-refractivity contribution in [3.8, 4) is 11.9 Å². The molecule has 1 aromatic carbocycles. The van der Waals surface area contributed by atoms with Crippen LogP contribution < -0.4 is 10.1 Å². The van der Waals surface area contributed by atoms with E-state index in [1.807, 2.05) is 13.1 Å². The number of pyridine rings is 1. The highest BCUT2D eigenvalue weighted by Gasteiger charge is 2.48. The summed E-state index contributed by atoms with van der Waals surface area (Å²) in [7, 11) is 2.00. The number of likely N-dealkylation sites (tertiary alicyclic amines) is 1. The molecular formula is C25H25F3N6O. The molecule has 1 aliphatic heterocycles. The number of nitrogens with zero attached hydrogens (tertiary/aromatic N) is 5. The van der Waals surface area contributed by atoms with E-state index in [2.05, 4.69) is 31.2 Å². The van der Waals surface area contributed by atoms with E-state index in [9.17, 15) is 18.4 Å². The Kier molecular flexibility index (Phi) is 5.75. The van der Waals surface area contributed by atoms with E-state index in [0.717, 1.165) is 19.2 Å². The number of nitrogens with one attached hydrogen (secondary N) is 1. The maximum atomic E-state index is 14.8. The lowest BCUT2D eigenvalue weighted by molar-refractivity contribution is 0.0348. The molecule has 2 aliphatic rings. The fourth-order valence-electron chi connectivity index (χ4n) is 4.48. The van der Waals surface area contributed by atoms with Crippen LogP contribution in [0, 0.1) is 24.1 Å². The van der Waals surface area contributed by atoms with Gasteiger partial charge in [-0.25, -0.2) is 23.1 Å². The molecule has 3 heterocycles.